The third kappa shape index (κ3) is 6.56. The lowest BCUT2D eigenvalue weighted by atomic mass is 9.94. The highest BCUT2D eigenvalue weighted by molar-refractivity contribution is 5.78. The number of halogens is 2. The van der Waals surface area contributed by atoms with Crippen LogP contribution in [-0.4, -0.2) is 43.1 Å². The van der Waals surface area contributed by atoms with Crippen LogP contribution in [-0.2, 0) is 11.2 Å². The van der Waals surface area contributed by atoms with Gasteiger partial charge in [0.2, 0.25) is 5.91 Å². The summed E-state index contributed by atoms with van der Waals surface area (Å²) in [6.45, 7) is 6.55. The van der Waals surface area contributed by atoms with Crippen molar-refractivity contribution in [3.8, 4) is 5.75 Å². The zero-order valence-corrected chi connectivity index (χ0v) is 15.9. The van der Waals surface area contributed by atoms with Crippen molar-refractivity contribution in [1.29, 1.82) is 0 Å². The second kappa shape index (κ2) is 9.86. The van der Waals surface area contributed by atoms with E-state index in [9.17, 15) is 13.6 Å². The second-order valence-electron chi connectivity index (χ2n) is 7.54. The van der Waals surface area contributed by atoms with E-state index in [0.717, 1.165) is 19.0 Å². The average molecular weight is 368 g/mol. The monoisotopic (exact) mass is 368 g/mol. The fraction of sp³-hybridized carbons (Fsp3) is 0.650. The van der Waals surface area contributed by atoms with E-state index in [1.165, 1.54) is 25.0 Å². The highest BCUT2D eigenvalue weighted by atomic mass is 19.3. The van der Waals surface area contributed by atoms with Gasteiger partial charge in [-0.2, -0.15) is 8.78 Å². The summed E-state index contributed by atoms with van der Waals surface area (Å²) in [6, 6.07) is 6.62. The lowest BCUT2D eigenvalue weighted by Gasteiger charge is -2.38. The second-order valence-corrected chi connectivity index (χ2v) is 7.54. The number of amides is 1. The molecule has 6 heteroatoms. The Balaban J connectivity index is 1.86. The molecule has 1 N–H and O–H groups in total. The van der Waals surface area contributed by atoms with Crippen molar-refractivity contribution in [1.82, 2.24) is 10.2 Å². The van der Waals surface area contributed by atoms with E-state index in [0.29, 0.717) is 24.1 Å². The Morgan fingerprint density at radius 2 is 2.00 bits per heavy atom. The van der Waals surface area contributed by atoms with E-state index in [1.807, 2.05) is 0 Å². The molecule has 1 aliphatic heterocycles. The number of carbonyl (C=O) groups is 1. The third-order valence-corrected chi connectivity index (χ3v) is 5.05. The van der Waals surface area contributed by atoms with Gasteiger partial charge in [-0.05, 0) is 55.5 Å². The summed E-state index contributed by atoms with van der Waals surface area (Å²) in [4.78, 5) is 14.8. The zero-order valence-electron chi connectivity index (χ0n) is 15.9. The average Bonchev–Trinajstić information content (AvgIpc) is 2.56. The Hall–Kier alpha value is -1.69. The maximum atomic E-state index is 12.3. The number of ether oxygens (including phenoxy) is 1. The van der Waals surface area contributed by atoms with Crippen LogP contribution in [0.4, 0.5) is 8.78 Å². The molecular weight excluding hydrogens is 338 g/mol. The van der Waals surface area contributed by atoms with E-state index in [2.05, 4.69) is 35.7 Å². The van der Waals surface area contributed by atoms with Gasteiger partial charge in [0.25, 0.3) is 0 Å². The highest BCUT2D eigenvalue weighted by Gasteiger charge is 2.25. The summed E-state index contributed by atoms with van der Waals surface area (Å²) >= 11 is 0. The molecule has 1 heterocycles. The van der Waals surface area contributed by atoms with Crippen molar-refractivity contribution in [2.75, 3.05) is 19.6 Å². The van der Waals surface area contributed by atoms with Gasteiger partial charge in [-0.25, -0.2) is 0 Å². The fourth-order valence-corrected chi connectivity index (χ4v) is 3.44. The molecule has 1 fully saturated rings. The maximum absolute atomic E-state index is 12.3. The molecule has 1 aliphatic rings. The van der Waals surface area contributed by atoms with Gasteiger partial charge in [-0.1, -0.05) is 32.9 Å². The predicted molar refractivity (Wildman–Crippen MR) is 98.4 cm³/mol. The zero-order chi connectivity index (χ0) is 19.1. The first-order valence-electron chi connectivity index (χ1n) is 9.39. The van der Waals surface area contributed by atoms with E-state index in [1.54, 1.807) is 12.1 Å². The lowest BCUT2D eigenvalue weighted by molar-refractivity contribution is -0.120. The number of nitrogens with one attached hydrogen (secondary N) is 1. The predicted octanol–water partition coefficient (Wildman–Crippen LogP) is 3.70. The summed E-state index contributed by atoms with van der Waals surface area (Å²) < 4.78 is 29.0. The molecule has 0 aromatic heterocycles. The number of hydrogen-bond donors (Lipinski definition) is 1. The summed E-state index contributed by atoms with van der Waals surface area (Å²) in [7, 11) is 0. The van der Waals surface area contributed by atoms with Crippen LogP contribution in [0.1, 0.15) is 39.2 Å². The van der Waals surface area contributed by atoms with Gasteiger partial charge in [-0.15, -0.1) is 0 Å². The van der Waals surface area contributed by atoms with Crippen LogP contribution in [0.3, 0.4) is 0 Å². The normalized spacial score (nSPS) is 17.5. The van der Waals surface area contributed by atoms with Crippen LogP contribution in [0.5, 0.6) is 5.75 Å². The molecule has 0 radical (unpaired) electrons. The number of carbonyl (C=O) groups excluding carboxylic acids is 1. The first-order valence-corrected chi connectivity index (χ1v) is 9.39. The largest absolute Gasteiger partial charge is 0.435 e. The van der Waals surface area contributed by atoms with E-state index in [-0.39, 0.29) is 18.1 Å². The van der Waals surface area contributed by atoms with Crippen molar-refractivity contribution in [2.24, 2.45) is 11.8 Å². The Labute approximate surface area is 154 Å². The van der Waals surface area contributed by atoms with Gasteiger partial charge < -0.3 is 10.1 Å². The number of benzene rings is 1. The molecule has 1 saturated heterocycles. The van der Waals surface area contributed by atoms with Crippen molar-refractivity contribution in [3.63, 3.8) is 0 Å². The Kier molecular flexibility index (Phi) is 7.82. The van der Waals surface area contributed by atoms with E-state index >= 15 is 0 Å². The minimum atomic E-state index is -2.86. The SMILES string of the molecule is CC1CCN(C(CNC(=O)Cc2cccc(OC(F)F)c2)C(C)C)CC1. The van der Waals surface area contributed by atoms with Gasteiger partial charge in [0, 0.05) is 12.6 Å². The Morgan fingerprint density at radius 3 is 2.62 bits per heavy atom. The molecule has 1 aromatic carbocycles. The molecule has 4 nitrogen and oxygen atoms in total. The minimum Gasteiger partial charge on any atom is -0.435 e. The molecule has 0 saturated carbocycles. The Bertz CT molecular complexity index is 573. The van der Waals surface area contributed by atoms with Crippen LogP contribution in [0, 0.1) is 11.8 Å². The molecular formula is C20H30F2N2O2. The van der Waals surface area contributed by atoms with Crippen molar-refractivity contribution in [3.05, 3.63) is 29.8 Å². The molecule has 1 atom stereocenters. The molecule has 0 spiro atoms. The van der Waals surface area contributed by atoms with Crippen LogP contribution in [0.15, 0.2) is 24.3 Å². The Morgan fingerprint density at radius 1 is 1.31 bits per heavy atom. The third-order valence-electron chi connectivity index (χ3n) is 5.05. The van der Waals surface area contributed by atoms with Crippen LogP contribution < -0.4 is 10.1 Å². The van der Waals surface area contributed by atoms with E-state index in [4.69, 9.17) is 0 Å². The van der Waals surface area contributed by atoms with Gasteiger partial charge >= 0.3 is 6.61 Å². The van der Waals surface area contributed by atoms with Gasteiger partial charge in [0.05, 0.1) is 6.42 Å². The van der Waals surface area contributed by atoms with E-state index < -0.39 is 6.61 Å². The number of rotatable bonds is 8. The number of piperidine rings is 1. The summed E-state index contributed by atoms with van der Waals surface area (Å²) in [5.74, 6) is 1.20. The van der Waals surface area contributed by atoms with Crippen molar-refractivity contribution >= 4 is 5.91 Å². The molecule has 1 aromatic rings. The summed E-state index contributed by atoms with van der Waals surface area (Å²) in [5, 5.41) is 3.01. The lowest BCUT2D eigenvalue weighted by Crippen LogP contribution is -2.49. The first kappa shape index (κ1) is 20.6. The number of hydrogen-bond acceptors (Lipinski definition) is 3. The number of alkyl halides is 2. The smallest absolute Gasteiger partial charge is 0.387 e. The standard InChI is InChI=1S/C20H30F2N2O2/c1-14(2)18(24-9-7-15(3)8-10-24)13-23-19(25)12-16-5-4-6-17(11-16)26-20(21)22/h4-6,11,14-15,18,20H,7-10,12-13H2,1-3H3,(H,23,25). The number of nitrogens with zero attached hydrogens (tertiary/aromatic N) is 1. The van der Waals surface area contributed by atoms with Gasteiger partial charge in [-0.3, -0.25) is 9.69 Å². The van der Waals surface area contributed by atoms with Crippen LogP contribution in [0.2, 0.25) is 0 Å². The molecule has 1 amide bonds. The van der Waals surface area contributed by atoms with Gasteiger partial charge in [0.15, 0.2) is 0 Å². The molecule has 26 heavy (non-hydrogen) atoms. The maximum Gasteiger partial charge on any atom is 0.387 e. The number of likely N-dealkylation sites (tertiary alicyclic amines) is 1. The van der Waals surface area contributed by atoms with Crippen molar-refractivity contribution in [2.45, 2.75) is 52.7 Å². The summed E-state index contributed by atoms with van der Waals surface area (Å²) in [6.07, 6.45) is 2.56. The summed E-state index contributed by atoms with van der Waals surface area (Å²) in [5.41, 5.74) is 0.661. The quantitative estimate of drug-likeness (QED) is 0.761. The van der Waals surface area contributed by atoms with Crippen LogP contribution >= 0.6 is 0 Å². The molecule has 2 rings (SSSR count). The first-order chi connectivity index (χ1) is 12.3. The van der Waals surface area contributed by atoms with Crippen LogP contribution in [0.25, 0.3) is 0 Å². The molecule has 0 aliphatic carbocycles. The van der Waals surface area contributed by atoms with Gasteiger partial charge in [0.1, 0.15) is 5.75 Å². The molecule has 146 valence electrons. The molecule has 1 unspecified atom stereocenters. The topological polar surface area (TPSA) is 41.6 Å². The minimum absolute atomic E-state index is 0.0767. The highest BCUT2D eigenvalue weighted by Crippen LogP contribution is 2.21. The fourth-order valence-electron chi connectivity index (χ4n) is 3.44. The van der Waals surface area contributed by atoms with Crippen molar-refractivity contribution < 1.29 is 18.3 Å². The molecule has 0 bridgehead atoms.